The lowest BCUT2D eigenvalue weighted by Crippen LogP contribution is -2.58. The molecule has 0 aromatic rings. The molecule has 5 atom stereocenters. The molecule has 0 spiro atoms. The third-order valence-electron chi connectivity index (χ3n) is 5.19. The van der Waals surface area contributed by atoms with Crippen LogP contribution in [0.2, 0.25) is 0 Å². The van der Waals surface area contributed by atoms with E-state index in [4.69, 9.17) is 17.2 Å². The quantitative estimate of drug-likeness (QED) is 0.129. The topological polar surface area (TPSA) is 237 Å². The minimum atomic E-state index is -1.51. The molecular weight excluding hydrogens is 448 g/mol. The largest absolute Gasteiger partial charge is 0.480 e. The summed E-state index contributed by atoms with van der Waals surface area (Å²) in [6.45, 7) is 7.09. The molecule has 13 heteroatoms. The van der Waals surface area contributed by atoms with Gasteiger partial charge < -0.3 is 38.3 Å². The van der Waals surface area contributed by atoms with E-state index in [9.17, 15) is 33.9 Å². The van der Waals surface area contributed by atoms with Crippen LogP contribution in [0.5, 0.6) is 0 Å². The second-order valence-corrected chi connectivity index (χ2v) is 8.74. The van der Waals surface area contributed by atoms with Gasteiger partial charge in [-0.3, -0.25) is 24.0 Å². The summed E-state index contributed by atoms with van der Waals surface area (Å²) in [6, 6.07) is -4.97. The molecule has 0 aliphatic rings. The maximum absolute atomic E-state index is 12.9. The smallest absolute Gasteiger partial charge is 0.326 e. The van der Waals surface area contributed by atoms with Gasteiger partial charge in [-0.25, -0.2) is 4.79 Å². The molecule has 34 heavy (non-hydrogen) atoms. The van der Waals surface area contributed by atoms with Gasteiger partial charge in [0.1, 0.15) is 18.1 Å². The highest BCUT2D eigenvalue weighted by Gasteiger charge is 2.32. The predicted octanol–water partition coefficient (Wildman–Crippen LogP) is -1.91. The van der Waals surface area contributed by atoms with Crippen molar-refractivity contribution in [1.82, 2.24) is 16.0 Å². The van der Waals surface area contributed by atoms with Crippen LogP contribution in [-0.2, 0) is 28.8 Å². The van der Waals surface area contributed by atoms with Crippen molar-refractivity contribution in [3.05, 3.63) is 0 Å². The molecular formula is C21H38N6O7. The normalized spacial score (nSPS) is 15.4. The second kappa shape index (κ2) is 14.8. The molecule has 0 heterocycles. The Bertz CT molecular complexity index is 758. The lowest BCUT2D eigenvalue weighted by molar-refractivity contribution is -0.144. The number of aliphatic carboxylic acids is 1. The van der Waals surface area contributed by atoms with Crippen molar-refractivity contribution >= 4 is 35.5 Å². The number of nitrogens with one attached hydrogen (secondary N) is 3. The first kappa shape index (κ1) is 30.8. The highest BCUT2D eigenvalue weighted by molar-refractivity contribution is 5.96. The average molecular weight is 487 g/mol. The van der Waals surface area contributed by atoms with Gasteiger partial charge in [0.05, 0.1) is 12.5 Å². The fourth-order valence-corrected chi connectivity index (χ4v) is 3.07. The van der Waals surface area contributed by atoms with Gasteiger partial charge in [-0.15, -0.1) is 0 Å². The fraction of sp³-hybridized carbons (Fsp3) is 0.714. The molecule has 0 aromatic heterocycles. The summed E-state index contributed by atoms with van der Waals surface area (Å²) in [5.41, 5.74) is 16.2. The van der Waals surface area contributed by atoms with Gasteiger partial charge >= 0.3 is 5.97 Å². The molecule has 5 unspecified atom stereocenters. The van der Waals surface area contributed by atoms with Crippen LogP contribution in [-0.4, -0.2) is 64.8 Å². The molecule has 0 saturated carbocycles. The second-order valence-electron chi connectivity index (χ2n) is 8.74. The highest BCUT2D eigenvalue weighted by atomic mass is 16.4. The summed E-state index contributed by atoms with van der Waals surface area (Å²) < 4.78 is 0. The Morgan fingerprint density at radius 1 is 0.824 bits per heavy atom. The maximum atomic E-state index is 12.9. The van der Waals surface area contributed by atoms with Gasteiger partial charge in [-0.05, 0) is 24.7 Å². The van der Waals surface area contributed by atoms with Gasteiger partial charge in [0.15, 0.2) is 0 Å². The number of carbonyl (C=O) groups excluding carboxylic acids is 5. The van der Waals surface area contributed by atoms with Crippen molar-refractivity contribution in [2.24, 2.45) is 29.0 Å². The number of nitrogens with two attached hydrogens (primary N) is 3. The van der Waals surface area contributed by atoms with Crippen LogP contribution in [0, 0.1) is 11.8 Å². The van der Waals surface area contributed by atoms with Crippen LogP contribution in [0.1, 0.15) is 59.8 Å². The molecule has 0 bridgehead atoms. The van der Waals surface area contributed by atoms with Gasteiger partial charge in [-0.1, -0.05) is 34.1 Å². The lowest BCUT2D eigenvalue weighted by Gasteiger charge is -2.26. The van der Waals surface area contributed by atoms with Crippen LogP contribution in [0.25, 0.3) is 0 Å². The molecule has 0 radical (unpaired) electrons. The summed E-state index contributed by atoms with van der Waals surface area (Å²) >= 11 is 0. The van der Waals surface area contributed by atoms with Crippen molar-refractivity contribution in [2.45, 2.75) is 84.0 Å². The van der Waals surface area contributed by atoms with Crippen molar-refractivity contribution in [2.75, 3.05) is 0 Å². The number of primary amides is 2. The van der Waals surface area contributed by atoms with Crippen LogP contribution >= 0.6 is 0 Å². The Kier molecular flexibility index (Phi) is 13.4. The van der Waals surface area contributed by atoms with E-state index in [0.717, 1.165) is 0 Å². The Labute approximate surface area is 198 Å². The number of carboxylic acid groups (broad SMARTS) is 1. The Morgan fingerprint density at radius 2 is 1.35 bits per heavy atom. The summed E-state index contributed by atoms with van der Waals surface area (Å²) in [7, 11) is 0. The first-order valence-corrected chi connectivity index (χ1v) is 11.2. The number of amides is 5. The molecule has 0 aliphatic carbocycles. The molecule has 10 N–H and O–H groups in total. The number of carbonyl (C=O) groups is 6. The van der Waals surface area contributed by atoms with E-state index in [2.05, 4.69) is 16.0 Å². The van der Waals surface area contributed by atoms with E-state index in [0.29, 0.717) is 12.8 Å². The van der Waals surface area contributed by atoms with E-state index < -0.39 is 72.0 Å². The average Bonchev–Trinajstić information content (AvgIpc) is 2.72. The van der Waals surface area contributed by atoms with Crippen molar-refractivity contribution in [3.8, 4) is 0 Å². The van der Waals surface area contributed by atoms with Crippen molar-refractivity contribution in [3.63, 3.8) is 0 Å². The number of hydrogen-bond donors (Lipinski definition) is 7. The fourth-order valence-electron chi connectivity index (χ4n) is 3.07. The molecule has 194 valence electrons. The SMILES string of the molecule is CCC(C)C(NC(=O)C(CC(N)=O)NC(=O)C(CCC(N)=O)NC(=O)C(N)CC(C)C)C(=O)O. The number of hydrogen-bond acceptors (Lipinski definition) is 7. The third kappa shape index (κ3) is 11.6. The van der Waals surface area contributed by atoms with Crippen LogP contribution < -0.4 is 33.2 Å². The van der Waals surface area contributed by atoms with E-state index in [1.807, 2.05) is 13.8 Å². The monoisotopic (exact) mass is 486 g/mol. The van der Waals surface area contributed by atoms with Crippen LogP contribution in [0.4, 0.5) is 0 Å². The van der Waals surface area contributed by atoms with Crippen molar-refractivity contribution in [1.29, 1.82) is 0 Å². The van der Waals surface area contributed by atoms with Gasteiger partial charge in [0, 0.05) is 6.42 Å². The minimum absolute atomic E-state index is 0.106. The zero-order valence-electron chi connectivity index (χ0n) is 20.1. The first-order valence-electron chi connectivity index (χ1n) is 11.2. The Balaban J connectivity index is 5.63. The maximum Gasteiger partial charge on any atom is 0.326 e. The third-order valence-corrected chi connectivity index (χ3v) is 5.19. The van der Waals surface area contributed by atoms with Gasteiger partial charge in [0.2, 0.25) is 29.5 Å². The molecule has 0 rings (SSSR count). The van der Waals surface area contributed by atoms with E-state index in [1.54, 1.807) is 13.8 Å². The molecule has 13 nitrogen and oxygen atoms in total. The number of carboxylic acids is 1. The summed E-state index contributed by atoms with van der Waals surface area (Å²) in [4.78, 5) is 72.2. The zero-order valence-corrected chi connectivity index (χ0v) is 20.1. The highest BCUT2D eigenvalue weighted by Crippen LogP contribution is 2.09. The first-order chi connectivity index (χ1) is 15.7. The standard InChI is InChI=1S/C21H38N6O7/c1-5-11(4)17(21(33)34)27-20(32)14(9-16(24)29)26-19(31)13(6-7-15(23)28)25-18(30)12(22)8-10(2)3/h10-14,17H,5-9,22H2,1-4H3,(H2,23,28)(H2,24,29)(H,25,30)(H,26,31)(H,27,32)(H,33,34). The van der Waals surface area contributed by atoms with Crippen LogP contribution in [0.3, 0.4) is 0 Å². The molecule has 0 saturated heterocycles. The predicted molar refractivity (Wildman–Crippen MR) is 123 cm³/mol. The minimum Gasteiger partial charge on any atom is -0.480 e. The van der Waals surface area contributed by atoms with Crippen molar-refractivity contribution < 1.29 is 33.9 Å². The van der Waals surface area contributed by atoms with Gasteiger partial charge in [0.25, 0.3) is 0 Å². The van der Waals surface area contributed by atoms with Crippen LogP contribution in [0.15, 0.2) is 0 Å². The number of rotatable bonds is 16. The Morgan fingerprint density at radius 3 is 1.79 bits per heavy atom. The summed E-state index contributed by atoms with van der Waals surface area (Å²) in [6.07, 6.45) is -0.263. The van der Waals surface area contributed by atoms with Gasteiger partial charge in [-0.2, -0.15) is 0 Å². The molecule has 0 aromatic carbocycles. The summed E-state index contributed by atoms with van der Waals surface area (Å²) in [5.74, 6) is -5.71. The molecule has 5 amide bonds. The van der Waals surface area contributed by atoms with E-state index >= 15 is 0 Å². The van der Waals surface area contributed by atoms with E-state index in [-0.39, 0.29) is 18.8 Å². The Hall–Kier alpha value is -3.22. The molecule has 0 fully saturated rings. The molecule has 0 aliphatic heterocycles. The lowest BCUT2D eigenvalue weighted by atomic mass is 9.98. The zero-order chi connectivity index (χ0) is 26.6. The summed E-state index contributed by atoms with van der Waals surface area (Å²) in [5, 5.41) is 16.4. The van der Waals surface area contributed by atoms with E-state index in [1.165, 1.54) is 0 Å².